The zero-order chi connectivity index (χ0) is 14.3. The minimum atomic E-state index is -0.151. The van der Waals surface area contributed by atoms with E-state index in [1.165, 1.54) is 6.07 Å². The lowest BCUT2D eigenvalue weighted by atomic mass is 10.1. The van der Waals surface area contributed by atoms with E-state index in [1.54, 1.807) is 13.2 Å². The molecule has 0 unspecified atom stereocenters. The van der Waals surface area contributed by atoms with E-state index in [2.05, 4.69) is 31.0 Å². The monoisotopic (exact) mass is 268 g/mol. The second-order valence-corrected chi connectivity index (χ2v) is 4.80. The van der Waals surface area contributed by atoms with E-state index in [9.17, 15) is 4.39 Å². The van der Waals surface area contributed by atoms with Crippen LogP contribution >= 0.6 is 0 Å². The Morgan fingerprint density at radius 1 is 1.37 bits per heavy atom. The number of ether oxygens (including phenoxy) is 1. The van der Waals surface area contributed by atoms with Gasteiger partial charge in [0.1, 0.15) is 5.82 Å². The summed E-state index contributed by atoms with van der Waals surface area (Å²) in [5.74, 6) is -0.151. The highest BCUT2D eigenvalue weighted by Gasteiger charge is 2.16. The van der Waals surface area contributed by atoms with Crippen molar-refractivity contribution in [2.45, 2.75) is 33.4 Å². The van der Waals surface area contributed by atoms with Crippen LogP contribution in [0.4, 0.5) is 10.1 Å². The number of halogens is 1. The minimum absolute atomic E-state index is 0.151. The van der Waals surface area contributed by atoms with Crippen molar-refractivity contribution in [2.75, 3.05) is 31.7 Å². The molecule has 1 aromatic carbocycles. The average Bonchev–Trinajstić information content (AvgIpc) is 2.38. The molecule has 0 fully saturated rings. The summed E-state index contributed by atoms with van der Waals surface area (Å²) in [5, 5.41) is 3.27. The number of nitrogens with zero attached hydrogens (tertiary/aromatic N) is 1. The van der Waals surface area contributed by atoms with Gasteiger partial charge < -0.3 is 15.0 Å². The molecule has 0 aliphatic heterocycles. The van der Waals surface area contributed by atoms with Crippen molar-refractivity contribution in [3.8, 4) is 0 Å². The molecule has 1 rings (SSSR count). The van der Waals surface area contributed by atoms with Crippen LogP contribution in [0.3, 0.4) is 0 Å². The van der Waals surface area contributed by atoms with E-state index in [0.29, 0.717) is 18.8 Å². The Kier molecular flexibility index (Phi) is 6.81. The highest BCUT2D eigenvalue weighted by Crippen LogP contribution is 2.26. The van der Waals surface area contributed by atoms with Crippen LogP contribution in [-0.2, 0) is 11.3 Å². The quantitative estimate of drug-likeness (QED) is 0.734. The maximum atomic E-state index is 14.1. The Labute approximate surface area is 115 Å². The van der Waals surface area contributed by atoms with E-state index in [1.807, 2.05) is 6.07 Å². The van der Waals surface area contributed by atoms with Crippen LogP contribution < -0.4 is 10.2 Å². The van der Waals surface area contributed by atoms with Gasteiger partial charge in [-0.1, -0.05) is 12.1 Å². The normalized spacial score (nSPS) is 11.1. The smallest absolute Gasteiger partial charge is 0.146 e. The Balaban J connectivity index is 2.88. The second-order valence-electron chi connectivity index (χ2n) is 4.80. The topological polar surface area (TPSA) is 24.5 Å². The number of hydrogen-bond donors (Lipinski definition) is 1. The third-order valence-electron chi connectivity index (χ3n) is 3.12. The fraction of sp³-hybridized carbons (Fsp3) is 0.600. The first-order valence-electron chi connectivity index (χ1n) is 6.85. The summed E-state index contributed by atoms with van der Waals surface area (Å²) < 4.78 is 19.1. The van der Waals surface area contributed by atoms with Gasteiger partial charge in [0.25, 0.3) is 0 Å². The van der Waals surface area contributed by atoms with E-state index in [4.69, 9.17) is 4.74 Å². The molecule has 0 heterocycles. The lowest BCUT2D eigenvalue weighted by molar-refractivity contribution is 0.199. The molecule has 1 aromatic rings. The molecule has 0 aromatic heterocycles. The number of anilines is 1. The first-order valence-corrected chi connectivity index (χ1v) is 6.85. The van der Waals surface area contributed by atoms with Gasteiger partial charge in [0.2, 0.25) is 0 Å². The van der Waals surface area contributed by atoms with Crippen LogP contribution in [0.2, 0.25) is 0 Å². The summed E-state index contributed by atoms with van der Waals surface area (Å²) in [6, 6.07) is 5.54. The molecule has 1 N–H and O–H groups in total. The Bertz CT molecular complexity index is 382. The van der Waals surface area contributed by atoms with Gasteiger partial charge in [-0.15, -0.1) is 0 Å². The number of hydrogen-bond acceptors (Lipinski definition) is 3. The molecule has 0 bridgehead atoms. The van der Waals surface area contributed by atoms with Gasteiger partial charge in [0, 0.05) is 32.8 Å². The van der Waals surface area contributed by atoms with Crippen molar-refractivity contribution >= 4 is 5.69 Å². The van der Waals surface area contributed by atoms with Gasteiger partial charge in [-0.25, -0.2) is 4.39 Å². The van der Waals surface area contributed by atoms with Gasteiger partial charge >= 0.3 is 0 Å². The summed E-state index contributed by atoms with van der Waals surface area (Å²) in [5.41, 5.74) is 1.71. The molecule has 108 valence electrons. The number of methoxy groups -OCH3 is 1. The predicted octanol–water partition coefficient (Wildman–Crippen LogP) is 2.80. The molecule has 0 radical (unpaired) electrons. The van der Waals surface area contributed by atoms with Crippen molar-refractivity contribution in [3.63, 3.8) is 0 Å². The molecule has 0 saturated heterocycles. The maximum Gasteiger partial charge on any atom is 0.146 e. The van der Waals surface area contributed by atoms with Crippen LogP contribution in [0.5, 0.6) is 0 Å². The van der Waals surface area contributed by atoms with Gasteiger partial charge in [0.15, 0.2) is 0 Å². The highest BCUT2D eigenvalue weighted by molar-refractivity contribution is 5.55. The molecule has 0 saturated carbocycles. The molecule has 0 spiro atoms. The molecule has 4 heteroatoms. The summed E-state index contributed by atoms with van der Waals surface area (Å²) in [4.78, 5) is 2.09. The van der Waals surface area contributed by atoms with E-state index < -0.39 is 0 Å². The second kappa shape index (κ2) is 8.12. The summed E-state index contributed by atoms with van der Waals surface area (Å²) in [6.45, 7) is 9.08. The fourth-order valence-electron chi connectivity index (χ4n) is 2.20. The van der Waals surface area contributed by atoms with Gasteiger partial charge in [-0.3, -0.25) is 0 Å². The molecule has 0 aliphatic rings. The SMILES string of the molecule is CCN(c1c(F)cccc1CNCCOC)C(C)C. The Morgan fingerprint density at radius 3 is 2.68 bits per heavy atom. The van der Waals surface area contributed by atoms with Crippen LogP contribution in [0.1, 0.15) is 26.3 Å². The molecule has 0 atom stereocenters. The lowest BCUT2D eigenvalue weighted by Gasteiger charge is -2.30. The fourth-order valence-corrected chi connectivity index (χ4v) is 2.20. The average molecular weight is 268 g/mol. The Hall–Kier alpha value is -1.13. The number of benzene rings is 1. The molecule has 0 amide bonds. The molecule has 3 nitrogen and oxygen atoms in total. The number of nitrogens with one attached hydrogen (secondary N) is 1. The van der Waals surface area contributed by atoms with Crippen molar-refractivity contribution in [1.82, 2.24) is 5.32 Å². The maximum absolute atomic E-state index is 14.1. The van der Waals surface area contributed by atoms with Crippen molar-refractivity contribution in [1.29, 1.82) is 0 Å². The first kappa shape index (κ1) is 15.9. The van der Waals surface area contributed by atoms with Crippen LogP contribution in [0, 0.1) is 5.82 Å². The number of rotatable bonds is 8. The summed E-state index contributed by atoms with van der Waals surface area (Å²) in [6.07, 6.45) is 0. The van der Waals surface area contributed by atoms with Crippen molar-refractivity contribution in [3.05, 3.63) is 29.6 Å². The predicted molar refractivity (Wildman–Crippen MR) is 78.1 cm³/mol. The van der Waals surface area contributed by atoms with Gasteiger partial charge in [0.05, 0.1) is 12.3 Å². The minimum Gasteiger partial charge on any atom is -0.383 e. The molecular weight excluding hydrogens is 243 g/mol. The largest absolute Gasteiger partial charge is 0.383 e. The van der Waals surface area contributed by atoms with E-state index >= 15 is 0 Å². The standard InChI is InChI=1S/C15H25FN2O/c1-5-18(12(2)3)15-13(7-6-8-14(15)16)11-17-9-10-19-4/h6-8,12,17H,5,9-11H2,1-4H3. The zero-order valence-corrected chi connectivity index (χ0v) is 12.4. The van der Waals surface area contributed by atoms with Crippen LogP contribution in [-0.4, -0.2) is 32.8 Å². The van der Waals surface area contributed by atoms with E-state index in [0.717, 1.165) is 18.7 Å². The van der Waals surface area contributed by atoms with Crippen LogP contribution in [0.15, 0.2) is 18.2 Å². The zero-order valence-electron chi connectivity index (χ0n) is 12.4. The van der Waals surface area contributed by atoms with Crippen molar-refractivity contribution < 1.29 is 9.13 Å². The van der Waals surface area contributed by atoms with Gasteiger partial charge in [-0.05, 0) is 32.4 Å². The summed E-state index contributed by atoms with van der Waals surface area (Å²) in [7, 11) is 1.67. The van der Waals surface area contributed by atoms with Crippen molar-refractivity contribution in [2.24, 2.45) is 0 Å². The Morgan fingerprint density at radius 2 is 2.11 bits per heavy atom. The van der Waals surface area contributed by atoms with Gasteiger partial charge in [-0.2, -0.15) is 0 Å². The third kappa shape index (κ3) is 4.48. The first-order chi connectivity index (χ1) is 9.11. The lowest BCUT2D eigenvalue weighted by Crippen LogP contribution is -2.33. The summed E-state index contributed by atoms with van der Waals surface area (Å²) >= 11 is 0. The third-order valence-corrected chi connectivity index (χ3v) is 3.12. The highest BCUT2D eigenvalue weighted by atomic mass is 19.1. The molecule has 19 heavy (non-hydrogen) atoms. The van der Waals surface area contributed by atoms with E-state index in [-0.39, 0.29) is 11.9 Å². The van der Waals surface area contributed by atoms with Crippen LogP contribution in [0.25, 0.3) is 0 Å². The molecule has 0 aliphatic carbocycles. The molecular formula is C15H25FN2O. The number of para-hydroxylation sites is 1.